The summed E-state index contributed by atoms with van der Waals surface area (Å²) in [4.78, 5) is 18.8. The lowest BCUT2D eigenvalue weighted by atomic mass is 10.0. The molecule has 1 aliphatic rings. The standard InChI is InChI=1S/C16H18BrN3OS/c17-13-3-1-12(2-4-13)11-15(21)19-14-5-8-20(9-6-14)16-18-7-10-22-16/h1-4,7,10,14H,5-6,8-9,11H2,(H,19,21). The zero-order valence-corrected chi connectivity index (χ0v) is 14.6. The van der Waals surface area contributed by atoms with Gasteiger partial charge in [-0.1, -0.05) is 28.1 Å². The number of hydrogen-bond donors (Lipinski definition) is 1. The number of nitrogens with zero attached hydrogens (tertiary/aromatic N) is 2. The molecule has 116 valence electrons. The number of hydrogen-bond acceptors (Lipinski definition) is 4. The number of rotatable bonds is 4. The van der Waals surface area contributed by atoms with Gasteiger partial charge < -0.3 is 10.2 Å². The molecular weight excluding hydrogens is 362 g/mol. The van der Waals surface area contributed by atoms with E-state index in [0.717, 1.165) is 41.1 Å². The van der Waals surface area contributed by atoms with Crippen molar-refractivity contribution in [3.63, 3.8) is 0 Å². The third-order valence-electron chi connectivity index (χ3n) is 3.83. The Morgan fingerprint density at radius 2 is 2.05 bits per heavy atom. The third-order valence-corrected chi connectivity index (χ3v) is 5.19. The smallest absolute Gasteiger partial charge is 0.224 e. The number of piperidine rings is 1. The van der Waals surface area contributed by atoms with Crippen molar-refractivity contribution in [2.45, 2.75) is 25.3 Å². The van der Waals surface area contributed by atoms with Crippen molar-refractivity contribution in [2.75, 3.05) is 18.0 Å². The highest BCUT2D eigenvalue weighted by atomic mass is 79.9. The van der Waals surface area contributed by atoms with Gasteiger partial charge in [-0.15, -0.1) is 11.3 Å². The van der Waals surface area contributed by atoms with Crippen LogP contribution in [-0.4, -0.2) is 30.0 Å². The van der Waals surface area contributed by atoms with Crippen LogP contribution in [0.15, 0.2) is 40.3 Å². The Hall–Kier alpha value is -1.40. The van der Waals surface area contributed by atoms with Crippen LogP contribution in [0.2, 0.25) is 0 Å². The van der Waals surface area contributed by atoms with E-state index >= 15 is 0 Å². The van der Waals surface area contributed by atoms with E-state index in [0.29, 0.717) is 6.42 Å². The number of amides is 1. The summed E-state index contributed by atoms with van der Waals surface area (Å²) in [6.07, 6.45) is 4.24. The zero-order chi connectivity index (χ0) is 15.4. The van der Waals surface area contributed by atoms with E-state index in [2.05, 4.69) is 31.1 Å². The lowest BCUT2D eigenvalue weighted by Crippen LogP contribution is -2.45. The van der Waals surface area contributed by atoms with E-state index in [1.165, 1.54) is 0 Å². The SMILES string of the molecule is O=C(Cc1ccc(Br)cc1)NC1CCN(c2nccs2)CC1. The van der Waals surface area contributed by atoms with Gasteiger partial charge >= 0.3 is 0 Å². The van der Waals surface area contributed by atoms with Gasteiger partial charge in [-0.3, -0.25) is 4.79 Å². The van der Waals surface area contributed by atoms with Crippen LogP contribution in [-0.2, 0) is 11.2 Å². The quantitative estimate of drug-likeness (QED) is 0.886. The molecule has 1 aromatic carbocycles. The molecule has 1 amide bonds. The molecule has 4 nitrogen and oxygen atoms in total. The highest BCUT2D eigenvalue weighted by Crippen LogP contribution is 2.22. The van der Waals surface area contributed by atoms with Crippen LogP contribution in [0, 0.1) is 0 Å². The molecule has 0 unspecified atom stereocenters. The second kappa shape index (κ2) is 7.24. The second-order valence-electron chi connectivity index (χ2n) is 5.45. The van der Waals surface area contributed by atoms with Crippen molar-refractivity contribution in [2.24, 2.45) is 0 Å². The summed E-state index contributed by atoms with van der Waals surface area (Å²) in [6, 6.07) is 8.17. The molecule has 0 saturated carbocycles. The van der Waals surface area contributed by atoms with Gasteiger partial charge in [0.25, 0.3) is 0 Å². The minimum atomic E-state index is 0.107. The summed E-state index contributed by atoms with van der Waals surface area (Å²) in [6.45, 7) is 1.91. The van der Waals surface area contributed by atoms with Crippen LogP contribution in [0.4, 0.5) is 5.13 Å². The minimum Gasteiger partial charge on any atom is -0.353 e. The second-order valence-corrected chi connectivity index (χ2v) is 7.24. The molecule has 1 fully saturated rings. The summed E-state index contributed by atoms with van der Waals surface area (Å²) < 4.78 is 1.03. The summed E-state index contributed by atoms with van der Waals surface area (Å²) in [7, 11) is 0. The van der Waals surface area contributed by atoms with Gasteiger partial charge in [0.15, 0.2) is 5.13 Å². The molecule has 0 spiro atoms. The maximum Gasteiger partial charge on any atom is 0.224 e. The van der Waals surface area contributed by atoms with E-state index in [-0.39, 0.29) is 11.9 Å². The Morgan fingerprint density at radius 3 is 2.68 bits per heavy atom. The van der Waals surface area contributed by atoms with Crippen molar-refractivity contribution in [3.8, 4) is 0 Å². The van der Waals surface area contributed by atoms with Gasteiger partial charge in [-0.25, -0.2) is 4.98 Å². The van der Waals surface area contributed by atoms with Crippen molar-refractivity contribution in [1.82, 2.24) is 10.3 Å². The first-order chi connectivity index (χ1) is 10.7. The Kier molecular flexibility index (Phi) is 5.10. The predicted octanol–water partition coefficient (Wildman–Crippen LogP) is 3.23. The number of halogens is 1. The normalized spacial score (nSPS) is 15.8. The number of anilines is 1. The molecule has 2 heterocycles. The molecule has 3 rings (SSSR count). The van der Waals surface area contributed by atoms with Crippen LogP contribution in [0.5, 0.6) is 0 Å². The lowest BCUT2D eigenvalue weighted by molar-refractivity contribution is -0.121. The van der Waals surface area contributed by atoms with Crippen LogP contribution in [0.1, 0.15) is 18.4 Å². The van der Waals surface area contributed by atoms with Crippen molar-refractivity contribution >= 4 is 38.3 Å². The fourth-order valence-corrected chi connectivity index (χ4v) is 3.61. The molecule has 1 aromatic heterocycles. The van der Waals surface area contributed by atoms with Gasteiger partial charge in [0.2, 0.25) is 5.91 Å². The fourth-order valence-electron chi connectivity index (χ4n) is 2.65. The summed E-state index contributed by atoms with van der Waals surface area (Å²) >= 11 is 5.07. The average molecular weight is 380 g/mol. The number of thiazole rings is 1. The number of carbonyl (C=O) groups excluding carboxylic acids is 1. The first-order valence-electron chi connectivity index (χ1n) is 7.39. The van der Waals surface area contributed by atoms with Crippen molar-refractivity contribution < 1.29 is 4.79 Å². The molecule has 0 bridgehead atoms. The Balaban J connectivity index is 1.46. The highest BCUT2D eigenvalue weighted by molar-refractivity contribution is 9.10. The summed E-state index contributed by atoms with van der Waals surface area (Å²) in [5, 5.41) is 6.24. The van der Waals surface area contributed by atoms with Crippen molar-refractivity contribution in [3.05, 3.63) is 45.9 Å². The van der Waals surface area contributed by atoms with E-state index < -0.39 is 0 Å². The topological polar surface area (TPSA) is 45.2 Å². The zero-order valence-electron chi connectivity index (χ0n) is 12.2. The minimum absolute atomic E-state index is 0.107. The molecule has 1 N–H and O–H groups in total. The molecule has 6 heteroatoms. The van der Waals surface area contributed by atoms with Gasteiger partial charge in [-0.05, 0) is 30.5 Å². The average Bonchev–Trinajstić information content (AvgIpc) is 3.05. The molecular formula is C16H18BrN3OS. The van der Waals surface area contributed by atoms with E-state index in [1.54, 1.807) is 11.3 Å². The van der Waals surface area contributed by atoms with Crippen molar-refractivity contribution in [1.29, 1.82) is 0 Å². The first kappa shape index (κ1) is 15.5. The van der Waals surface area contributed by atoms with Crippen LogP contribution in [0.3, 0.4) is 0 Å². The predicted molar refractivity (Wildman–Crippen MR) is 93.3 cm³/mol. The fraction of sp³-hybridized carbons (Fsp3) is 0.375. The number of nitrogens with one attached hydrogen (secondary N) is 1. The highest BCUT2D eigenvalue weighted by Gasteiger charge is 2.21. The molecule has 22 heavy (non-hydrogen) atoms. The van der Waals surface area contributed by atoms with Crippen LogP contribution in [0.25, 0.3) is 0 Å². The monoisotopic (exact) mass is 379 g/mol. The molecule has 0 aliphatic carbocycles. The maximum atomic E-state index is 12.1. The van der Waals surface area contributed by atoms with Gasteiger partial charge in [0, 0.05) is 35.2 Å². The number of aromatic nitrogens is 1. The van der Waals surface area contributed by atoms with E-state index in [4.69, 9.17) is 0 Å². The molecule has 1 aliphatic heterocycles. The molecule has 1 saturated heterocycles. The molecule has 0 atom stereocenters. The Labute approximate surface area is 142 Å². The molecule has 0 radical (unpaired) electrons. The molecule has 2 aromatic rings. The number of carbonyl (C=O) groups is 1. The maximum absolute atomic E-state index is 12.1. The Morgan fingerprint density at radius 1 is 1.32 bits per heavy atom. The largest absolute Gasteiger partial charge is 0.353 e. The first-order valence-corrected chi connectivity index (χ1v) is 9.06. The van der Waals surface area contributed by atoms with Crippen LogP contribution >= 0.6 is 27.3 Å². The van der Waals surface area contributed by atoms with Crippen LogP contribution < -0.4 is 10.2 Å². The van der Waals surface area contributed by atoms with E-state index in [1.807, 2.05) is 35.8 Å². The van der Waals surface area contributed by atoms with Gasteiger partial charge in [0.1, 0.15) is 0 Å². The third kappa shape index (κ3) is 4.08. The summed E-state index contributed by atoms with van der Waals surface area (Å²) in [5.74, 6) is 0.107. The Bertz CT molecular complexity index is 607. The van der Waals surface area contributed by atoms with E-state index in [9.17, 15) is 4.79 Å². The van der Waals surface area contributed by atoms with Gasteiger partial charge in [0.05, 0.1) is 6.42 Å². The van der Waals surface area contributed by atoms with Gasteiger partial charge in [-0.2, -0.15) is 0 Å². The lowest BCUT2D eigenvalue weighted by Gasteiger charge is -2.32. The number of benzene rings is 1. The summed E-state index contributed by atoms with van der Waals surface area (Å²) in [5.41, 5.74) is 1.04.